The normalized spacial score (nSPS) is 24.8. The number of nitrogens with zero attached hydrogens (tertiary/aromatic N) is 2. The SMILES string of the molecule is Cc1c(F)c(N2CCNC(C)C2)cc2c1C(=O)CCN2C1CC1. The summed E-state index contributed by atoms with van der Waals surface area (Å²) in [6.45, 7) is 7.12. The zero-order valence-electron chi connectivity index (χ0n) is 13.9. The summed E-state index contributed by atoms with van der Waals surface area (Å²) in [5.74, 6) is -0.127. The number of benzene rings is 1. The van der Waals surface area contributed by atoms with Crippen LogP contribution in [0.2, 0.25) is 0 Å². The maximum Gasteiger partial charge on any atom is 0.167 e. The Morgan fingerprint density at radius 1 is 1.26 bits per heavy atom. The van der Waals surface area contributed by atoms with Crippen LogP contribution in [0.4, 0.5) is 15.8 Å². The molecule has 23 heavy (non-hydrogen) atoms. The standard InChI is InChI=1S/C18H24FN3O/c1-11-10-21(8-6-20-11)15-9-14-17(12(2)18(15)19)16(23)5-7-22(14)13-3-4-13/h9,11,13,20H,3-8,10H2,1-2H3. The smallest absolute Gasteiger partial charge is 0.167 e. The lowest BCUT2D eigenvalue weighted by atomic mass is 9.94. The minimum Gasteiger partial charge on any atom is -0.367 e. The van der Waals surface area contributed by atoms with E-state index in [0.717, 1.165) is 31.9 Å². The van der Waals surface area contributed by atoms with E-state index in [0.29, 0.717) is 35.3 Å². The molecule has 2 heterocycles. The number of Topliss-reactive ketones (excluding diaryl/α,β-unsaturated/α-hetero) is 1. The lowest BCUT2D eigenvalue weighted by Gasteiger charge is -2.37. The molecule has 1 unspecified atom stereocenters. The topological polar surface area (TPSA) is 35.6 Å². The van der Waals surface area contributed by atoms with Crippen molar-refractivity contribution < 1.29 is 9.18 Å². The Labute approximate surface area is 136 Å². The van der Waals surface area contributed by atoms with Crippen molar-refractivity contribution in [1.29, 1.82) is 0 Å². The molecule has 4 nitrogen and oxygen atoms in total. The summed E-state index contributed by atoms with van der Waals surface area (Å²) in [6.07, 6.45) is 2.88. The van der Waals surface area contributed by atoms with Gasteiger partial charge >= 0.3 is 0 Å². The van der Waals surface area contributed by atoms with Gasteiger partial charge in [0, 0.05) is 50.2 Å². The third-order valence-corrected chi connectivity index (χ3v) is 5.32. The molecule has 3 aliphatic rings. The van der Waals surface area contributed by atoms with Crippen molar-refractivity contribution in [2.24, 2.45) is 0 Å². The van der Waals surface area contributed by atoms with Crippen molar-refractivity contribution in [2.75, 3.05) is 36.0 Å². The average Bonchev–Trinajstić information content (AvgIpc) is 3.35. The third kappa shape index (κ3) is 2.51. The van der Waals surface area contributed by atoms with Gasteiger partial charge in [0.1, 0.15) is 5.82 Å². The summed E-state index contributed by atoms with van der Waals surface area (Å²) in [4.78, 5) is 16.8. The molecule has 0 spiro atoms. The first-order valence-corrected chi connectivity index (χ1v) is 8.67. The first kappa shape index (κ1) is 14.9. The second kappa shape index (κ2) is 5.48. The van der Waals surface area contributed by atoms with Gasteiger partial charge in [-0.2, -0.15) is 0 Å². The van der Waals surface area contributed by atoms with Gasteiger partial charge in [-0.15, -0.1) is 0 Å². The Morgan fingerprint density at radius 3 is 2.74 bits per heavy atom. The summed E-state index contributed by atoms with van der Waals surface area (Å²) in [7, 11) is 0. The molecule has 1 aliphatic carbocycles. The predicted molar refractivity (Wildman–Crippen MR) is 90.1 cm³/mol. The Kier molecular flexibility index (Phi) is 3.56. The lowest BCUT2D eigenvalue weighted by Crippen LogP contribution is -2.49. The highest BCUT2D eigenvalue weighted by molar-refractivity contribution is 6.05. The summed E-state index contributed by atoms with van der Waals surface area (Å²) in [5.41, 5.74) is 2.77. The molecule has 2 fully saturated rings. The van der Waals surface area contributed by atoms with E-state index in [1.54, 1.807) is 6.92 Å². The van der Waals surface area contributed by atoms with Gasteiger partial charge in [-0.25, -0.2) is 4.39 Å². The molecule has 0 bridgehead atoms. The highest BCUT2D eigenvalue weighted by Crippen LogP contribution is 2.41. The summed E-state index contributed by atoms with van der Waals surface area (Å²) >= 11 is 0. The fourth-order valence-corrected chi connectivity index (χ4v) is 3.95. The zero-order chi connectivity index (χ0) is 16.1. The Balaban J connectivity index is 1.80. The largest absolute Gasteiger partial charge is 0.367 e. The minimum absolute atomic E-state index is 0.0912. The molecule has 0 radical (unpaired) electrons. The summed E-state index contributed by atoms with van der Waals surface area (Å²) in [5, 5.41) is 3.39. The first-order chi connectivity index (χ1) is 11.1. The fourth-order valence-electron chi connectivity index (χ4n) is 3.95. The molecule has 0 aromatic heterocycles. The van der Waals surface area contributed by atoms with Crippen molar-refractivity contribution in [2.45, 2.75) is 45.2 Å². The zero-order valence-corrected chi connectivity index (χ0v) is 13.9. The van der Waals surface area contributed by atoms with Crippen molar-refractivity contribution in [3.63, 3.8) is 0 Å². The van der Waals surface area contributed by atoms with E-state index in [9.17, 15) is 9.18 Å². The van der Waals surface area contributed by atoms with E-state index in [-0.39, 0.29) is 11.6 Å². The van der Waals surface area contributed by atoms with Gasteiger partial charge in [0.05, 0.1) is 11.4 Å². The molecule has 2 aliphatic heterocycles. The van der Waals surface area contributed by atoms with E-state index in [1.165, 1.54) is 12.8 Å². The Morgan fingerprint density at radius 2 is 2.04 bits per heavy atom. The second-order valence-electron chi connectivity index (χ2n) is 7.13. The molecule has 1 atom stereocenters. The van der Waals surface area contributed by atoms with Crippen LogP contribution in [-0.4, -0.2) is 44.0 Å². The number of ketones is 1. The quantitative estimate of drug-likeness (QED) is 0.909. The van der Waals surface area contributed by atoms with Crippen molar-refractivity contribution >= 4 is 17.2 Å². The number of fused-ring (bicyclic) bond motifs is 1. The van der Waals surface area contributed by atoms with Crippen molar-refractivity contribution in [3.05, 3.63) is 23.0 Å². The van der Waals surface area contributed by atoms with Crippen LogP contribution in [0.25, 0.3) is 0 Å². The van der Waals surface area contributed by atoms with Crippen LogP contribution in [0.15, 0.2) is 6.07 Å². The monoisotopic (exact) mass is 317 g/mol. The van der Waals surface area contributed by atoms with E-state index >= 15 is 0 Å². The minimum atomic E-state index is -0.219. The third-order valence-electron chi connectivity index (χ3n) is 5.32. The van der Waals surface area contributed by atoms with Crippen LogP contribution in [0.3, 0.4) is 0 Å². The van der Waals surface area contributed by atoms with Gasteiger partial charge in [-0.1, -0.05) is 0 Å². The van der Waals surface area contributed by atoms with E-state index in [2.05, 4.69) is 22.0 Å². The first-order valence-electron chi connectivity index (χ1n) is 8.67. The molecule has 124 valence electrons. The van der Waals surface area contributed by atoms with E-state index in [1.807, 2.05) is 6.07 Å². The van der Waals surface area contributed by atoms with Gasteiger partial charge in [0.2, 0.25) is 0 Å². The molecule has 0 amide bonds. The average molecular weight is 317 g/mol. The number of halogens is 1. The number of rotatable bonds is 2. The fraction of sp³-hybridized carbons (Fsp3) is 0.611. The molecule has 1 saturated heterocycles. The van der Waals surface area contributed by atoms with Gasteiger partial charge in [-0.05, 0) is 38.3 Å². The highest BCUT2D eigenvalue weighted by Gasteiger charge is 2.37. The molecular formula is C18H24FN3O. The number of anilines is 2. The molecule has 5 heteroatoms. The molecule has 4 rings (SSSR count). The molecule has 1 aromatic rings. The second-order valence-corrected chi connectivity index (χ2v) is 7.13. The Bertz CT molecular complexity index is 656. The maximum atomic E-state index is 15.0. The summed E-state index contributed by atoms with van der Waals surface area (Å²) < 4.78 is 15.0. The molecular weight excluding hydrogens is 293 g/mol. The number of carbonyl (C=O) groups is 1. The lowest BCUT2D eigenvalue weighted by molar-refractivity contribution is 0.0978. The summed E-state index contributed by atoms with van der Waals surface area (Å²) in [6, 6.07) is 2.83. The van der Waals surface area contributed by atoms with Crippen LogP contribution in [0.1, 0.15) is 42.1 Å². The highest BCUT2D eigenvalue weighted by atomic mass is 19.1. The molecule has 1 aromatic carbocycles. The van der Waals surface area contributed by atoms with E-state index in [4.69, 9.17) is 0 Å². The van der Waals surface area contributed by atoms with Crippen LogP contribution < -0.4 is 15.1 Å². The van der Waals surface area contributed by atoms with Gasteiger partial charge in [-0.3, -0.25) is 4.79 Å². The predicted octanol–water partition coefficient (Wildman–Crippen LogP) is 2.49. The van der Waals surface area contributed by atoms with Gasteiger partial charge in [0.15, 0.2) is 5.78 Å². The van der Waals surface area contributed by atoms with Crippen molar-refractivity contribution in [3.8, 4) is 0 Å². The van der Waals surface area contributed by atoms with Gasteiger partial charge in [0.25, 0.3) is 0 Å². The van der Waals surface area contributed by atoms with Crippen LogP contribution >= 0.6 is 0 Å². The van der Waals surface area contributed by atoms with Gasteiger partial charge < -0.3 is 15.1 Å². The van der Waals surface area contributed by atoms with Crippen LogP contribution in [0, 0.1) is 12.7 Å². The number of hydrogen-bond acceptors (Lipinski definition) is 4. The molecule has 1 N–H and O–H groups in total. The van der Waals surface area contributed by atoms with Crippen LogP contribution in [0.5, 0.6) is 0 Å². The maximum absolute atomic E-state index is 15.0. The Hall–Kier alpha value is -1.62. The van der Waals surface area contributed by atoms with Crippen LogP contribution in [-0.2, 0) is 0 Å². The number of hydrogen-bond donors (Lipinski definition) is 1. The number of carbonyl (C=O) groups excluding carboxylic acids is 1. The van der Waals surface area contributed by atoms with Crippen molar-refractivity contribution in [1.82, 2.24) is 5.32 Å². The molecule has 1 saturated carbocycles. The van der Waals surface area contributed by atoms with E-state index < -0.39 is 0 Å². The number of nitrogens with one attached hydrogen (secondary N) is 1. The number of piperazine rings is 1.